The molecule has 0 aromatic heterocycles. The molecule has 2 rings (SSSR count). The van der Waals surface area contributed by atoms with Crippen molar-refractivity contribution in [3.05, 3.63) is 30.0 Å². The summed E-state index contributed by atoms with van der Waals surface area (Å²) < 4.78 is 15.8. The Labute approximate surface area is 141 Å². The molecule has 24 heavy (non-hydrogen) atoms. The van der Waals surface area contributed by atoms with Gasteiger partial charge >= 0.3 is 0 Å². The third kappa shape index (κ3) is 4.64. The van der Waals surface area contributed by atoms with Crippen molar-refractivity contribution >= 4 is 11.6 Å². The molecule has 0 spiro atoms. The molecule has 1 aliphatic rings. The predicted molar refractivity (Wildman–Crippen MR) is 88.8 cm³/mol. The third-order valence-corrected chi connectivity index (χ3v) is 3.65. The number of hydrogen-bond donors (Lipinski definition) is 2. The van der Waals surface area contributed by atoms with E-state index in [2.05, 4.69) is 10.6 Å². The molecule has 1 atom stereocenters. The number of benzene rings is 1. The Bertz CT molecular complexity index is 646. The van der Waals surface area contributed by atoms with Gasteiger partial charge in [-0.25, -0.2) is 0 Å². The second kappa shape index (κ2) is 8.79. The lowest BCUT2D eigenvalue weighted by Crippen LogP contribution is -2.32. The van der Waals surface area contributed by atoms with Crippen LogP contribution in [0, 0.1) is 11.3 Å². The number of carbonyl (C=O) groups excluding carboxylic acids is 1. The van der Waals surface area contributed by atoms with E-state index in [0.29, 0.717) is 23.7 Å². The lowest BCUT2D eigenvalue weighted by atomic mass is 10.2. The van der Waals surface area contributed by atoms with Crippen molar-refractivity contribution in [3.8, 4) is 17.6 Å². The van der Waals surface area contributed by atoms with Gasteiger partial charge in [0, 0.05) is 31.1 Å². The summed E-state index contributed by atoms with van der Waals surface area (Å²) in [6.45, 7) is 1.14. The van der Waals surface area contributed by atoms with Gasteiger partial charge < -0.3 is 24.8 Å². The van der Waals surface area contributed by atoms with Crippen LogP contribution >= 0.6 is 0 Å². The summed E-state index contributed by atoms with van der Waals surface area (Å²) in [5.74, 6) is 0.722. The van der Waals surface area contributed by atoms with Crippen LogP contribution in [0.5, 0.6) is 11.5 Å². The van der Waals surface area contributed by atoms with Gasteiger partial charge in [-0.05, 0) is 25.0 Å². The van der Waals surface area contributed by atoms with Gasteiger partial charge in [0.2, 0.25) is 0 Å². The highest BCUT2D eigenvalue weighted by Crippen LogP contribution is 2.29. The summed E-state index contributed by atoms with van der Waals surface area (Å²) >= 11 is 0. The van der Waals surface area contributed by atoms with Crippen LogP contribution in [0.1, 0.15) is 12.8 Å². The summed E-state index contributed by atoms with van der Waals surface area (Å²) in [6.07, 6.45) is 3.33. The maximum atomic E-state index is 12.0. The van der Waals surface area contributed by atoms with Gasteiger partial charge in [-0.2, -0.15) is 5.26 Å². The second-order valence-corrected chi connectivity index (χ2v) is 5.23. The Morgan fingerprint density at radius 1 is 1.42 bits per heavy atom. The molecule has 1 aliphatic heterocycles. The predicted octanol–water partition coefficient (Wildman–Crippen LogP) is 1.82. The first-order valence-electron chi connectivity index (χ1n) is 7.66. The summed E-state index contributed by atoms with van der Waals surface area (Å²) in [5, 5.41) is 14.8. The van der Waals surface area contributed by atoms with Crippen LogP contribution < -0.4 is 20.1 Å². The molecular formula is C17H21N3O4. The first-order valence-corrected chi connectivity index (χ1v) is 7.66. The van der Waals surface area contributed by atoms with Crippen molar-refractivity contribution < 1.29 is 19.0 Å². The zero-order valence-corrected chi connectivity index (χ0v) is 13.8. The molecule has 7 heteroatoms. The van der Waals surface area contributed by atoms with Crippen molar-refractivity contribution in [2.45, 2.75) is 18.9 Å². The number of amides is 1. The monoisotopic (exact) mass is 331 g/mol. The van der Waals surface area contributed by atoms with E-state index in [4.69, 9.17) is 19.5 Å². The van der Waals surface area contributed by atoms with E-state index in [1.54, 1.807) is 25.3 Å². The van der Waals surface area contributed by atoms with Gasteiger partial charge in [-0.1, -0.05) is 0 Å². The van der Waals surface area contributed by atoms with Crippen LogP contribution in [0.4, 0.5) is 5.69 Å². The van der Waals surface area contributed by atoms with Crippen LogP contribution in [-0.2, 0) is 9.53 Å². The normalized spacial score (nSPS) is 17.0. The molecule has 128 valence electrons. The molecule has 1 aromatic carbocycles. The van der Waals surface area contributed by atoms with Crippen molar-refractivity contribution in [2.24, 2.45) is 0 Å². The van der Waals surface area contributed by atoms with Crippen molar-refractivity contribution in [1.82, 2.24) is 5.32 Å². The maximum absolute atomic E-state index is 12.0. The number of hydrogen-bond acceptors (Lipinski definition) is 6. The third-order valence-electron chi connectivity index (χ3n) is 3.65. The topological polar surface area (TPSA) is 92.6 Å². The average molecular weight is 331 g/mol. The van der Waals surface area contributed by atoms with E-state index >= 15 is 0 Å². The zero-order valence-electron chi connectivity index (χ0n) is 13.8. The quantitative estimate of drug-likeness (QED) is 0.585. The number of nitrogens with one attached hydrogen (secondary N) is 2. The first kappa shape index (κ1) is 17.6. The Morgan fingerprint density at radius 3 is 2.83 bits per heavy atom. The smallest absolute Gasteiger partial charge is 0.263 e. The number of rotatable bonds is 7. The number of ether oxygens (including phenoxy) is 3. The number of nitrogens with zero attached hydrogens (tertiary/aromatic N) is 1. The van der Waals surface area contributed by atoms with Gasteiger partial charge in [-0.3, -0.25) is 4.79 Å². The molecule has 1 fully saturated rings. The molecule has 1 saturated heterocycles. The molecule has 1 heterocycles. The van der Waals surface area contributed by atoms with E-state index in [1.807, 2.05) is 6.07 Å². The molecule has 1 aromatic rings. The molecule has 0 bridgehead atoms. The van der Waals surface area contributed by atoms with E-state index in [9.17, 15) is 4.79 Å². The van der Waals surface area contributed by atoms with Gasteiger partial charge in [0.15, 0.2) is 11.5 Å². The van der Waals surface area contributed by atoms with Crippen LogP contribution in [0.3, 0.4) is 0 Å². The largest absolute Gasteiger partial charge is 0.493 e. The minimum atomic E-state index is -0.430. The van der Waals surface area contributed by atoms with Crippen molar-refractivity contribution in [1.29, 1.82) is 5.26 Å². The standard InChI is InChI=1S/C17H21N3O4/c1-22-15-6-5-13(8-16(15)23-2)19-10-12(9-18)17(21)20-11-14-4-3-7-24-14/h5-6,8,10,14,19H,3-4,7,11H2,1-2H3,(H,20,21)/b12-10-. The fourth-order valence-electron chi connectivity index (χ4n) is 2.34. The number of methoxy groups -OCH3 is 2. The molecule has 0 aliphatic carbocycles. The van der Waals surface area contributed by atoms with Gasteiger partial charge in [0.25, 0.3) is 5.91 Å². The summed E-state index contributed by atoms with van der Waals surface area (Å²) in [4.78, 5) is 12.0. The Hall–Kier alpha value is -2.72. The lowest BCUT2D eigenvalue weighted by Gasteiger charge is -2.11. The van der Waals surface area contributed by atoms with Gasteiger partial charge in [0.05, 0.1) is 20.3 Å². The highest BCUT2D eigenvalue weighted by molar-refractivity contribution is 5.97. The number of nitriles is 1. The van der Waals surface area contributed by atoms with Crippen molar-refractivity contribution in [2.75, 3.05) is 32.7 Å². The summed E-state index contributed by atoms with van der Waals surface area (Å²) in [7, 11) is 3.09. The van der Waals surface area contributed by atoms with Crippen LogP contribution in [0.2, 0.25) is 0 Å². The Morgan fingerprint density at radius 2 is 2.21 bits per heavy atom. The fraction of sp³-hybridized carbons (Fsp3) is 0.412. The Balaban J connectivity index is 1.97. The van der Waals surface area contributed by atoms with Crippen LogP contribution in [0.15, 0.2) is 30.0 Å². The van der Waals surface area contributed by atoms with E-state index < -0.39 is 5.91 Å². The minimum absolute atomic E-state index is 0.0113. The Kier molecular flexibility index (Phi) is 6.46. The average Bonchev–Trinajstić information content (AvgIpc) is 3.13. The second-order valence-electron chi connectivity index (χ2n) is 5.23. The van der Waals surface area contributed by atoms with E-state index in [1.165, 1.54) is 13.3 Å². The van der Waals surface area contributed by atoms with E-state index in [-0.39, 0.29) is 11.7 Å². The van der Waals surface area contributed by atoms with Crippen LogP contribution in [0.25, 0.3) is 0 Å². The zero-order chi connectivity index (χ0) is 17.4. The molecule has 7 nitrogen and oxygen atoms in total. The molecule has 2 N–H and O–H groups in total. The molecule has 0 radical (unpaired) electrons. The number of carbonyl (C=O) groups is 1. The maximum Gasteiger partial charge on any atom is 0.263 e. The van der Waals surface area contributed by atoms with Crippen molar-refractivity contribution in [3.63, 3.8) is 0 Å². The summed E-state index contributed by atoms with van der Waals surface area (Å²) in [5.41, 5.74) is 0.662. The molecular weight excluding hydrogens is 310 g/mol. The molecule has 1 unspecified atom stereocenters. The van der Waals surface area contributed by atoms with E-state index in [0.717, 1.165) is 19.4 Å². The lowest BCUT2D eigenvalue weighted by molar-refractivity contribution is -0.117. The SMILES string of the molecule is COc1ccc(N/C=C(/C#N)C(=O)NCC2CCCO2)cc1OC. The van der Waals surface area contributed by atoms with Gasteiger partial charge in [0.1, 0.15) is 11.6 Å². The summed E-state index contributed by atoms with van der Waals surface area (Å²) in [6, 6.07) is 7.10. The fourth-order valence-corrected chi connectivity index (χ4v) is 2.34. The molecule has 1 amide bonds. The first-order chi connectivity index (χ1) is 11.7. The number of anilines is 1. The highest BCUT2D eigenvalue weighted by atomic mass is 16.5. The highest BCUT2D eigenvalue weighted by Gasteiger charge is 2.17. The molecule has 0 saturated carbocycles. The van der Waals surface area contributed by atoms with Crippen LogP contribution in [-0.4, -0.2) is 39.4 Å². The van der Waals surface area contributed by atoms with Gasteiger partial charge in [-0.15, -0.1) is 0 Å². The minimum Gasteiger partial charge on any atom is -0.493 e.